The predicted octanol–water partition coefficient (Wildman–Crippen LogP) is 3.50. The largest absolute Gasteiger partial charge is 0.369 e. The van der Waals surface area contributed by atoms with E-state index in [-0.39, 0.29) is 30.1 Å². The molecule has 7 heteroatoms. The maximum absolute atomic E-state index is 14.2. The van der Waals surface area contributed by atoms with Crippen molar-refractivity contribution >= 4 is 17.5 Å². The number of hydrogen-bond donors (Lipinski definition) is 1. The van der Waals surface area contributed by atoms with Crippen molar-refractivity contribution in [1.29, 1.82) is 0 Å². The van der Waals surface area contributed by atoms with Crippen LogP contribution in [0.1, 0.15) is 43.0 Å². The van der Waals surface area contributed by atoms with Crippen molar-refractivity contribution in [1.82, 2.24) is 15.1 Å². The van der Waals surface area contributed by atoms with E-state index in [9.17, 15) is 14.0 Å². The molecule has 6 nitrogen and oxygen atoms in total. The molecule has 0 aliphatic carbocycles. The van der Waals surface area contributed by atoms with Crippen LogP contribution in [0.3, 0.4) is 0 Å². The summed E-state index contributed by atoms with van der Waals surface area (Å²) in [5.41, 5.74) is 3.97. The molecule has 0 saturated carbocycles. The lowest BCUT2D eigenvalue weighted by Crippen LogP contribution is -2.46. The van der Waals surface area contributed by atoms with Gasteiger partial charge in [0.1, 0.15) is 5.82 Å². The Balaban J connectivity index is 1.40. The van der Waals surface area contributed by atoms with Gasteiger partial charge in [-0.15, -0.1) is 0 Å². The van der Waals surface area contributed by atoms with Crippen LogP contribution < -0.4 is 10.2 Å². The molecule has 2 aromatic carbocycles. The fourth-order valence-corrected chi connectivity index (χ4v) is 4.89. The van der Waals surface area contributed by atoms with Gasteiger partial charge in [0, 0.05) is 56.9 Å². The van der Waals surface area contributed by atoms with E-state index >= 15 is 0 Å². The number of benzene rings is 2. The minimum Gasteiger partial charge on any atom is -0.369 e. The minimum absolute atomic E-state index is 0.00591. The molecule has 2 aromatic rings. The molecule has 182 valence electrons. The summed E-state index contributed by atoms with van der Waals surface area (Å²) >= 11 is 0. The molecule has 2 unspecified atom stereocenters. The number of rotatable bonds is 7. The SMILES string of the molecule is CCN1CCN(c2ccc(F)cc2C(C)NC(=O)C2CC(=O)N(Cc3ccc(C)cc3)C2)CC1. The molecule has 2 fully saturated rings. The summed E-state index contributed by atoms with van der Waals surface area (Å²) < 4.78 is 14.2. The van der Waals surface area contributed by atoms with Crippen LogP contribution in [0.5, 0.6) is 0 Å². The van der Waals surface area contributed by atoms with Crippen molar-refractivity contribution in [3.8, 4) is 0 Å². The molecule has 0 radical (unpaired) electrons. The first kappa shape index (κ1) is 24.2. The van der Waals surface area contributed by atoms with Gasteiger partial charge in [-0.05, 0) is 44.2 Å². The summed E-state index contributed by atoms with van der Waals surface area (Å²) in [5.74, 6) is -0.871. The van der Waals surface area contributed by atoms with Crippen LogP contribution in [0.2, 0.25) is 0 Å². The number of nitrogens with zero attached hydrogens (tertiary/aromatic N) is 3. The Morgan fingerprint density at radius 3 is 2.50 bits per heavy atom. The molecule has 0 bridgehead atoms. The lowest BCUT2D eigenvalue weighted by molar-refractivity contribution is -0.129. The van der Waals surface area contributed by atoms with E-state index in [0.717, 1.165) is 49.5 Å². The third kappa shape index (κ3) is 5.58. The van der Waals surface area contributed by atoms with E-state index in [2.05, 4.69) is 22.0 Å². The lowest BCUT2D eigenvalue weighted by atomic mass is 10.0. The monoisotopic (exact) mass is 466 g/mol. The van der Waals surface area contributed by atoms with Crippen molar-refractivity contribution in [2.45, 2.75) is 39.8 Å². The highest BCUT2D eigenvalue weighted by Gasteiger charge is 2.35. The van der Waals surface area contributed by atoms with Crippen molar-refractivity contribution in [2.75, 3.05) is 44.2 Å². The molecule has 0 aromatic heterocycles. The smallest absolute Gasteiger partial charge is 0.225 e. The molecule has 2 saturated heterocycles. The van der Waals surface area contributed by atoms with Crippen LogP contribution in [0.25, 0.3) is 0 Å². The Morgan fingerprint density at radius 1 is 1.12 bits per heavy atom. The Morgan fingerprint density at radius 2 is 1.82 bits per heavy atom. The zero-order chi connectivity index (χ0) is 24.2. The molecule has 2 atom stereocenters. The molecule has 2 amide bonds. The van der Waals surface area contributed by atoms with Gasteiger partial charge in [-0.3, -0.25) is 9.59 Å². The second-order valence-corrected chi connectivity index (χ2v) is 9.52. The summed E-state index contributed by atoms with van der Waals surface area (Å²) in [6.45, 7) is 11.7. The van der Waals surface area contributed by atoms with E-state index < -0.39 is 5.92 Å². The van der Waals surface area contributed by atoms with Gasteiger partial charge >= 0.3 is 0 Å². The quantitative estimate of drug-likeness (QED) is 0.679. The summed E-state index contributed by atoms with van der Waals surface area (Å²) in [7, 11) is 0. The Hall–Kier alpha value is -2.93. The molecule has 34 heavy (non-hydrogen) atoms. The maximum atomic E-state index is 14.2. The number of amides is 2. The Bertz CT molecular complexity index is 1020. The summed E-state index contributed by atoms with van der Waals surface area (Å²) in [6, 6.07) is 12.6. The van der Waals surface area contributed by atoms with E-state index in [1.807, 2.05) is 44.2 Å². The number of carbonyl (C=O) groups is 2. The van der Waals surface area contributed by atoms with Crippen molar-refractivity contribution < 1.29 is 14.0 Å². The highest BCUT2D eigenvalue weighted by atomic mass is 19.1. The van der Waals surface area contributed by atoms with E-state index in [0.29, 0.717) is 13.1 Å². The van der Waals surface area contributed by atoms with Crippen molar-refractivity contribution in [3.05, 3.63) is 65.0 Å². The van der Waals surface area contributed by atoms with Gasteiger partial charge in [0.05, 0.1) is 12.0 Å². The summed E-state index contributed by atoms with van der Waals surface area (Å²) in [6.07, 6.45) is 0.208. The lowest BCUT2D eigenvalue weighted by Gasteiger charge is -2.37. The average Bonchev–Trinajstić information content (AvgIpc) is 3.20. The van der Waals surface area contributed by atoms with Crippen LogP contribution >= 0.6 is 0 Å². The number of anilines is 1. The number of piperazine rings is 1. The van der Waals surface area contributed by atoms with Gasteiger partial charge in [-0.25, -0.2) is 4.39 Å². The van der Waals surface area contributed by atoms with E-state index in [1.165, 1.54) is 17.7 Å². The number of carbonyl (C=O) groups excluding carboxylic acids is 2. The normalized spacial score (nSPS) is 20.0. The van der Waals surface area contributed by atoms with E-state index in [4.69, 9.17) is 0 Å². The predicted molar refractivity (Wildman–Crippen MR) is 132 cm³/mol. The van der Waals surface area contributed by atoms with Gasteiger partial charge < -0.3 is 20.0 Å². The number of halogens is 1. The highest BCUT2D eigenvalue weighted by molar-refractivity contribution is 5.89. The third-order valence-electron chi connectivity index (χ3n) is 7.05. The van der Waals surface area contributed by atoms with Gasteiger partial charge in [-0.1, -0.05) is 36.8 Å². The first-order valence-corrected chi connectivity index (χ1v) is 12.2. The summed E-state index contributed by atoms with van der Waals surface area (Å²) in [4.78, 5) is 32.0. The Kier molecular flexibility index (Phi) is 7.51. The molecule has 2 heterocycles. The summed E-state index contributed by atoms with van der Waals surface area (Å²) in [5, 5.41) is 3.06. The molecular formula is C27H35FN4O2. The van der Waals surface area contributed by atoms with Gasteiger partial charge in [0.25, 0.3) is 0 Å². The standard InChI is InChI=1S/C27H35FN4O2/c1-4-30-11-13-31(14-12-30)25-10-9-23(28)16-24(25)20(3)29-27(34)22-15-26(33)32(18-22)17-21-7-5-19(2)6-8-21/h5-10,16,20,22H,4,11-15,17-18H2,1-3H3,(H,29,34). The number of hydrogen-bond acceptors (Lipinski definition) is 4. The molecule has 2 aliphatic heterocycles. The number of aryl methyl sites for hydroxylation is 1. The van der Waals surface area contributed by atoms with Crippen LogP contribution in [0.4, 0.5) is 10.1 Å². The molecule has 2 aliphatic rings. The zero-order valence-electron chi connectivity index (χ0n) is 20.4. The molecule has 1 N–H and O–H groups in total. The topological polar surface area (TPSA) is 55.9 Å². The Labute approximate surface area is 201 Å². The number of likely N-dealkylation sites (N-methyl/N-ethyl adjacent to an activating group) is 1. The van der Waals surface area contributed by atoms with Gasteiger partial charge in [0.2, 0.25) is 11.8 Å². The molecule has 0 spiro atoms. The zero-order valence-corrected chi connectivity index (χ0v) is 20.4. The van der Waals surface area contributed by atoms with E-state index in [1.54, 1.807) is 4.90 Å². The second kappa shape index (κ2) is 10.6. The third-order valence-corrected chi connectivity index (χ3v) is 7.05. The fraction of sp³-hybridized carbons (Fsp3) is 0.481. The van der Waals surface area contributed by atoms with Crippen LogP contribution in [0, 0.1) is 18.7 Å². The molecular weight excluding hydrogens is 431 g/mol. The van der Waals surface area contributed by atoms with Gasteiger partial charge in [-0.2, -0.15) is 0 Å². The van der Waals surface area contributed by atoms with Crippen molar-refractivity contribution in [3.63, 3.8) is 0 Å². The highest BCUT2D eigenvalue weighted by Crippen LogP contribution is 2.29. The minimum atomic E-state index is -0.398. The fourth-order valence-electron chi connectivity index (χ4n) is 4.89. The van der Waals surface area contributed by atoms with Crippen molar-refractivity contribution in [2.24, 2.45) is 5.92 Å². The molecule has 4 rings (SSSR count). The maximum Gasteiger partial charge on any atom is 0.225 e. The van der Waals surface area contributed by atoms with Crippen LogP contribution in [0.15, 0.2) is 42.5 Å². The van der Waals surface area contributed by atoms with Gasteiger partial charge in [0.15, 0.2) is 0 Å². The van der Waals surface area contributed by atoms with Crippen LogP contribution in [-0.2, 0) is 16.1 Å². The number of likely N-dealkylation sites (tertiary alicyclic amines) is 1. The van der Waals surface area contributed by atoms with Crippen LogP contribution in [-0.4, -0.2) is 60.9 Å². The second-order valence-electron chi connectivity index (χ2n) is 9.52. The number of nitrogens with one attached hydrogen (secondary N) is 1. The first-order valence-electron chi connectivity index (χ1n) is 12.2. The average molecular weight is 467 g/mol. The first-order chi connectivity index (χ1) is 16.3.